The lowest BCUT2D eigenvalue weighted by Gasteiger charge is -2.41. The van der Waals surface area contributed by atoms with Crippen molar-refractivity contribution in [1.82, 2.24) is 5.32 Å². The van der Waals surface area contributed by atoms with Crippen molar-refractivity contribution in [3.8, 4) is 0 Å². The summed E-state index contributed by atoms with van der Waals surface area (Å²) >= 11 is 0. The molecule has 3 nitrogen and oxygen atoms in total. The zero-order valence-electron chi connectivity index (χ0n) is 12.2. The van der Waals surface area contributed by atoms with Crippen molar-refractivity contribution in [3.05, 3.63) is 0 Å². The minimum absolute atomic E-state index is 0. The van der Waals surface area contributed by atoms with E-state index in [1.54, 1.807) is 0 Å². The fraction of sp³-hybridized carbons (Fsp3) is 0.929. The average molecular weight is 277 g/mol. The second-order valence-corrected chi connectivity index (χ2v) is 6.39. The first-order chi connectivity index (χ1) is 7.86. The van der Waals surface area contributed by atoms with Crippen LogP contribution in [-0.2, 0) is 4.79 Å². The summed E-state index contributed by atoms with van der Waals surface area (Å²) in [5.41, 5.74) is 6.03. The molecule has 18 heavy (non-hydrogen) atoms. The van der Waals surface area contributed by atoms with E-state index in [4.69, 9.17) is 5.73 Å². The van der Waals surface area contributed by atoms with Gasteiger partial charge in [0, 0.05) is 6.04 Å². The maximum Gasteiger partial charge on any atom is 0.237 e. The zero-order chi connectivity index (χ0) is 13.1. The van der Waals surface area contributed by atoms with E-state index in [0.717, 1.165) is 6.42 Å². The van der Waals surface area contributed by atoms with Crippen LogP contribution in [0.4, 0.5) is 0 Å². The van der Waals surface area contributed by atoms with Crippen molar-refractivity contribution >= 4 is 18.3 Å². The van der Waals surface area contributed by atoms with Gasteiger partial charge in [0.1, 0.15) is 0 Å². The van der Waals surface area contributed by atoms with Crippen molar-refractivity contribution in [1.29, 1.82) is 0 Å². The Labute approximate surface area is 118 Å². The first-order valence-electron chi connectivity index (χ1n) is 6.92. The lowest BCUT2D eigenvalue weighted by Crippen LogP contribution is -2.51. The van der Waals surface area contributed by atoms with Gasteiger partial charge in [-0.2, -0.15) is 0 Å². The first kappa shape index (κ1) is 17.7. The summed E-state index contributed by atoms with van der Waals surface area (Å²) in [6, 6.07) is -0.0357. The highest BCUT2D eigenvalue weighted by atomic mass is 35.5. The van der Waals surface area contributed by atoms with Crippen molar-refractivity contribution in [2.75, 3.05) is 0 Å². The van der Waals surface area contributed by atoms with Crippen LogP contribution in [0.5, 0.6) is 0 Å². The summed E-state index contributed by atoms with van der Waals surface area (Å²) in [6.45, 7) is 8.75. The molecule has 0 aliphatic heterocycles. The van der Waals surface area contributed by atoms with Gasteiger partial charge in [-0.25, -0.2) is 0 Å². The van der Waals surface area contributed by atoms with Gasteiger partial charge in [-0.1, -0.05) is 40.5 Å². The number of nitrogens with one attached hydrogen (secondary N) is 1. The summed E-state index contributed by atoms with van der Waals surface area (Å²) in [5.74, 6) is 0.595. The number of nitrogens with two attached hydrogens (primary N) is 1. The molecule has 0 aromatic rings. The standard InChI is InChI=1S/C14H28N2O.ClH/c1-5-11(15)13(17)16-12-9-7-6-8-10(12)14(2,3)4;/h10-12H,5-9,15H2,1-4H3,(H,16,17);1H/t10?,11-,12?;/m0./s1. The summed E-state index contributed by atoms with van der Waals surface area (Å²) < 4.78 is 0. The molecule has 4 heteroatoms. The minimum atomic E-state index is -0.349. The van der Waals surface area contributed by atoms with E-state index >= 15 is 0 Å². The number of hydrogen-bond acceptors (Lipinski definition) is 2. The SMILES string of the molecule is CC[C@H](N)C(=O)NC1CCCCC1C(C)(C)C.Cl. The third-order valence-corrected chi connectivity index (χ3v) is 3.98. The smallest absolute Gasteiger partial charge is 0.237 e. The quantitative estimate of drug-likeness (QED) is 0.833. The monoisotopic (exact) mass is 276 g/mol. The highest BCUT2D eigenvalue weighted by Gasteiger charge is 2.35. The molecule has 1 saturated carbocycles. The zero-order valence-corrected chi connectivity index (χ0v) is 13.0. The molecule has 1 fully saturated rings. The molecule has 1 aliphatic rings. The lowest BCUT2D eigenvalue weighted by atomic mass is 9.69. The molecule has 0 radical (unpaired) electrons. The van der Waals surface area contributed by atoms with Gasteiger partial charge in [-0.3, -0.25) is 4.79 Å². The van der Waals surface area contributed by atoms with Crippen LogP contribution in [0.15, 0.2) is 0 Å². The first-order valence-corrected chi connectivity index (χ1v) is 6.92. The van der Waals surface area contributed by atoms with Gasteiger partial charge >= 0.3 is 0 Å². The van der Waals surface area contributed by atoms with E-state index in [2.05, 4.69) is 26.1 Å². The van der Waals surface area contributed by atoms with Crippen molar-refractivity contribution in [2.24, 2.45) is 17.1 Å². The number of halogens is 1. The van der Waals surface area contributed by atoms with Gasteiger partial charge in [0.2, 0.25) is 5.91 Å². The predicted octanol–water partition coefficient (Wildman–Crippen LogP) is 2.87. The van der Waals surface area contributed by atoms with E-state index in [1.165, 1.54) is 19.3 Å². The molecule has 1 rings (SSSR count). The Bertz CT molecular complexity index is 263. The Morgan fingerprint density at radius 1 is 1.33 bits per heavy atom. The Hall–Kier alpha value is -0.280. The molecule has 0 aromatic carbocycles. The molecule has 1 amide bonds. The molecular formula is C14H29ClN2O. The van der Waals surface area contributed by atoms with Crippen LogP contribution in [0.25, 0.3) is 0 Å². The molecule has 1 aliphatic carbocycles. The largest absolute Gasteiger partial charge is 0.352 e. The van der Waals surface area contributed by atoms with Crippen LogP contribution in [0.1, 0.15) is 59.8 Å². The maximum absolute atomic E-state index is 11.9. The van der Waals surface area contributed by atoms with E-state index in [1.807, 2.05) is 6.92 Å². The van der Waals surface area contributed by atoms with Gasteiger partial charge < -0.3 is 11.1 Å². The highest BCUT2D eigenvalue weighted by Crippen LogP contribution is 2.37. The summed E-state index contributed by atoms with van der Waals surface area (Å²) in [7, 11) is 0. The van der Waals surface area contributed by atoms with Crippen molar-refractivity contribution in [3.63, 3.8) is 0 Å². The van der Waals surface area contributed by atoms with Crippen LogP contribution >= 0.6 is 12.4 Å². The summed E-state index contributed by atoms with van der Waals surface area (Å²) in [4.78, 5) is 11.9. The molecule has 3 N–H and O–H groups in total. The van der Waals surface area contributed by atoms with Crippen LogP contribution in [-0.4, -0.2) is 18.0 Å². The summed E-state index contributed by atoms with van der Waals surface area (Å²) in [5, 5.41) is 3.16. The van der Waals surface area contributed by atoms with Crippen molar-refractivity contribution < 1.29 is 4.79 Å². The number of amides is 1. The average Bonchev–Trinajstić information content (AvgIpc) is 2.27. The number of carbonyl (C=O) groups excluding carboxylic acids is 1. The topological polar surface area (TPSA) is 55.1 Å². The molecule has 0 heterocycles. The second-order valence-electron chi connectivity index (χ2n) is 6.39. The van der Waals surface area contributed by atoms with Crippen LogP contribution in [0.2, 0.25) is 0 Å². The van der Waals surface area contributed by atoms with Crippen LogP contribution < -0.4 is 11.1 Å². The molecule has 0 bridgehead atoms. The van der Waals surface area contributed by atoms with Crippen molar-refractivity contribution in [2.45, 2.75) is 71.9 Å². The third kappa shape index (κ3) is 4.77. The minimum Gasteiger partial charge on any atom is -0.352 e. The highest BCUT2D eigenvalue weighted by molar-refractivity contribution is 5.85. The molecule has 108 valence electrons. The van der Waals surface area contributed by atoms with E-state index in [9.17, 15) is 4.79 Å². The third-order valence-electron chi connectivity index (χ3n) is 3.98. The number of rotatable bonds is 3. The summed E-state index contributed by atoms with van der Waals surface area (Å²) in [6.07, 6.45) is 5.53. The number of carbonyl (C=O) groups is 1. The second kappa shape index (κ2) is 7.34. The maximum atomic E-state index is 11.9. The molecule has 3 atom stereocenters. The van der Waals surface area contributed by atoms with Gasteiger partial charge in [0.05, 0.1) is 6.04 Å². The Balaban J connectivity index is 0.00000289. The van der Waals surface area contributed by atoms with E-state index in [0.29, 0.717) is 18.4 Å². The molecular weight excluding hydrogens is 248 g/mol. The van der Waals surface area contributed by atoms with Crippen LogP contribution in [0, 0.1) is 11.3 Å². The molecule has 0 aromatic heterocycles. The fourth-order valence-corrected chi connectivity index (χ4v) is 2.82. The van der Waals surface area contributed by atoms with Crippen LogP contribution in [0.3, 0.4) is 0 Å². The van der Waals surface area contributed by atoms with Gasteiger partial charge in [0.15, 0.2) is 0 Å². The molecule has 2 unspecified atom stereocenters. The van der Waals surface area contributed by atoms with E-state index < -0.39 is 0 Å². The Kier molecular flexibility index (Phi) is 7.23. The molecule has 0 spiro atoms. The lowest BCUT2D eigenvalue weighted by molar-refractivity contribution is -0.124. The number of hydrogen-bond donors (Lipinski definition) is 2. The Morgan fingerprint density at radius 2 is 1.89 bits per heavy atom. The predicted molar refractivity (Wildman–Crippen MR) is 78.9 cm³/mol. The van der Waals surface area contributed by atoms with E-state index in [-0.39, 0.29) is 29.8 Å². The molecule has 0 saturated heterocycles. The normalized spacial score (nSPS) is 26.1. The van der Waals surface area contributed by atoms with Gasteiger partial charge in [-0.15, -0.1) is 12.4 Å². The van der Waals surface area contributed by atoms with Gasteiger partial charge in [-0.05, 0) is 30.6 Å². The van der Waals surface area contributed by atoms with Gasteiger partial charge in [0.25, 0.3) is 0 Å². The Morgan fingerprint density at radius 3 is 2.39 bits per heavy atom. The fourth-order valence-electron chi connectivity index (χ4n) is 2.82.